The van der Waals surface area contributed by atoms with Crippen molar-refractivity contribution in [2.24, 2.45) is 0 Å². The molecule has 8 heteroatoms. The first-order chi connectivity index (χ1) is 17.5. The van der Waals surface area contributed by atoms with Gasteiger partial charge in [0, 0.05) is 36.2 Å². The zero-order valence-electron chi connectivity index (χ0n) is 20.2. The molecule has 0 saturated heterocycles. The van der Waals surface area contributed by atoms with Gasteiger partial charge >= 0.3 is 0 Å². The van der Waals surface area contributed by atoms with Gasteiger partial charge in [0.2, 0.25) is 5.91 Å². The molecular formula is C28H31N3O4S. The number of hydrogen-bond donors (Lipinski definition) is 4. The molecule has 1 aliphatic heterocycles. The average Bonchev–Trinajstić information content (AvgIpc) is 3.34. The third kappa shape index (κ3) is 6.20. The smallest absolute Gasteiger partial charge is 0.252 e. The van der Waals surface area contributed by atoms with Gasteiger partial charge in [-0.15, -0.1) is 11.3 Å². The number of carbonyl (C=O) groups is 2. The monoisotopic (exact) mass is 505 g/mol. The molecule has 2 atom stereocenters. The van der Waals surface area contributed by atoms with Crippen LogP contribution < -0.4 is 15.5 Å². The first-order valence-corrected chi connectivity index (χ1v) is 12.8. The van der Waals surface area contributed by atoms with Crippen molar-refractivity contribution >= 4 is 28.2 Å². The Morgan fingerprint density at radius 2 is 1.42 bits per heavy atom. The number of hydrogen-bond acceptors (Lipinski definition) is 6. The van der Waals surface area contributed by atoms with E-state index in [-0.39, 0.29) is 25.0 Å². The van der Waals surface area contributed by atoms with E-state index in [1.807, 2.05) is 72.6 Å². The molecule has 1 aliphatic rings. The Balaban J connectivity index is 1.43. The normalized spacial score (nSPS) is 14.4. The highest BCUT2D eigenvalue weighted by molar-refractivity contribution is 7.14. The van der Waals surface area contributed by atoms with E-state index in [1.165, 1.54) is 11.3 Å². The van der Waals surface area contributed by atoms with E-state index in [2.05, 4.69) is 10.6 Å². The molecule has 0 saturated carbocycles. The Bertz CT molecular complexity index is 1210. The lowest BCUT2D eigenvalue weighted by Gasteiger charge is -2.25. The third-order valence-electron chi connectivity index (χ3n) is 6.21. The van der Waals surface area contributed by atoms with Crippen molar-refractivity contribution in [1.82, 2.24) is 10.6 Å². The molecule has 0 fully saturated rings. The van der Waals surface area contributed by atoms with Crippen LogP contribution >= 0.6 is 11.3 Å². The van der Waals surface area contributed by atoms with Gasteiger partial charge in [0.25, 0.3) is 5.91 Å². The first-order valence-electron chi connectivity index (χ1n) is 11.9. The fourth-order valence-electron chi connectivity index (χ4n) is 4.36. The number of nitrogens with zero attached hydrogens (tertiary/aromatic N) is 1. The van der Waals surface area contributed by atoms with E-state index in [1.54, 1.807) is 11.6 Å². The predicted octanol–water partition coefficient (Wildman–Crippen LogP) is 2.68. The molecule has 4 rings (SSSR count). The molecule has 2 amide bonds. The summed E-state index contributed by atoms with van der Waals surface area (Å²) < 4.78 is 0. The Hall–Kier alpha value is -3.46. The molecule has 2 aromatic carbocycles. The Kier molecular flexibility index (Phi) is 8.53. The lowest BCUT2D eigenvalue weighted by molar-refractivity contribution is -0.118. The maximum absolute atomic E-state index is 13.2. The zero-order chi connectivity index (χ0) is 25.5. The zero-order valence-corrected chi connectivity index (χ0v) is 21.0. The van der Waals surface area contributed by atoms with Crippen LogP contribution in [-0.4, -0.2) is 54.4 Å². The van der Waals surface area contributed by atoms with E-state index < -0.39 is 12.1 Å². The quantitative estimate of drug-likeness (QED) is 0.339. The number of benzene rings is 2. The van der Waals surface area contributed by atoms with Crippen molar-refractivity contribution in [2.45, 2.75) is 31.3 Å². The molecular weight excluding hydrogens is 474 g/mol. The highest BCUT2D eigenvalue weighted by atomic mass is 32.1. The van der Waals surface area contributed by atoms with Crippen LogP contribution in [0.15, 0.2) is 77.8 Å². The summed E-state index contributed by atoms with van der Waals surface area (Å²) >= 11 is 1.45. The van der Waals surface area contributed by atoms with Crippen LogP contribution in [-0.2, 0) is 24.1 Å². The summed E-state index contributed by atoms with van der Waals surface area (Å²) in [6.07, 6.45) is 3.13. The number of anilines is 1. The Morgan fingerprint density at radius 1 is 0.889 bits per heavy atom. The van der Waals surface area contributed by atoms with Crippen LogP contribution in [0.25, 0.3) is 0 Å². The number of rotatable bonds is 10. The van der Waals surface area contributed by atoms with Crippen LogP contribution in [0.4, 0.5) is 5.00 Å². The number of fused-ring (bicyclic) bond motifs is 1. The molecule has 0 unspecified atom stereocenters. The fourth-order valence-corrected chi connectivity index (χ4v) is 5.38. The second-order valence-electron chi connectivity index (χ2n) is 8.96. The largest absolute Gasteiger partial charge is 0.394 e. The number of carbonyl (C=O) groups excluding carboxylic acids is 2. The highest BCUT2D eigenvalue weighted by Crippen LogP contribution is 2.36. The third-order valence-corrected chi connectivity index (χ3v) is 7.32. The molecule has 3 aromatic rings. The number of aliphatic hydroxyl groups is 2. The van der Waals surface area contributed by atoms with Crippen molar-refractivity contribution < 1.29 is 19.8 Å². The maximum atomic E-state index is 13.2. The van der Waals surface area contributed by atoms with Crippen LogP contribution in [0.2, 0.25) is 0 Å². The van der Waals surface area contributed by atoms with Crippen molar-refractivity contribution in [3.8, 4) is 0 Å². The minimum Gasteiger partial charge on any atom is -0.394 e. The van der Waals surface area contributed by atoms with Gasteiger partial charge in [0.05, 0.1) is 35.9 Å². The Morgan fingerprint density at radius 3 is 1.94 bits per heavy atom. The second kappa shape index (κ2) is 12.0. The van der Waals surface area contributed by atoms with E-state index in [0.29, 0.717) is 30.4 Å². The summed E-state index contributed by atoms with van der Waals surface area (Å²) in [6.45, 7) is -0.352. The van der Waals surface area contributed by atoms with Crippen molar-refractivity contribution in [3.63, 3.8) is 0 Å². The molecule has 0 aliphatic carbocycles. The van der Waals surface area contributed by atoms with Gasteiger partial charge in [-0.05, 0) is 24.0 Å². The number of thiophene rings is 1. The summed E-state index contributed by atoms with van der Waals surface area (Å²) in [6, 6.07) is 18.6. The standard InChI is InChI=1S/C28H31N3O4S/c1-31-15-21(26(34)29-22(16-32)12-19-8-4-2-5-9-19)14-24-25(18-36-28(24)31)27(35)30-23(17-33)13-20-10-6-3-7-11-20/h2-11,15,18,22-23,32-33H,12-14,16-17H2,1H3,(H,29,34)(H,30,35)/t22-,23-/m0/s1. The molecule has 0 radical (unpaired) electrons. The number of aliphatic hydroxyl groups excluding tert-OH is 2. The SMILES string of the molecule is CN1C=C(C(=O)N[C@H](CO)Cc2ccccc2)Cc2c(C(=O)N[C@H](CO)Cc3ccccc3)csc21. The lowest BCUT2D eigenvalue weighted by Crippen LogP contribution is -2.41. The minimum atomic E-state index is -0.418. The molecule has 0 spiro atoms. The van der Waals surface area contributed by atoms with Crippen LogP contribution in [0.1, 0.15) is 27.0 Å². The molecule has 36 heavy (non-hydrogen) atoms. The molecule has 1 aromatic heterocycles. The van der Waals surface area contributed by atoms with E-state index in [9.17, 15) is 19.8 Å². The van der Waals surface area contributed by atoms with Gasteiger partial charge in [-0.1, -0.05) is 60.7 Å². The van der Waals surface area contributed by atoms with Crippen molar-refractivity contribution in [2.75, 3.05) is 25.2 Å². The molecule has 0 bridgehead atoms. The predicted molar refractivity (Wildman–Crippen MR) is 142 cm³/mol. The van der Waals surface area contributed by atoms with Gasteiger partial charge in [-0.3, -0.25) is 9.59 Å². The second-order valence-corrected chi connectivity index (χ2v) is 9.82. The highest BCUT2D eigenvalue weighted by Gasteiger charge is 2.28. The van der Waals surface area contributed by atoms with E-state index in [4.69, 9.17) is 0 Å². The molecule has 2 heterocycles. The Labute approximate surface area is 215 Å². The molecule has 7 nitrogen and oxygen atoms in total. The molecule has 188 valence electrons. The van der Waals surface area contributed by atoms with Gasteiger partial charge in [-0.2, -0.15) is 0 Å². The van der Waals surface area contributed by atoms with Crippen LogP contribution in [0, 0.1) is 0 Å². The first kappa shape index (κ1) is 25.6. The van der Waals surface area contributed by atoms with E-state index >= 15 is 0 Å². The van der Waals surface area contributed by atoms with Gasteiger partial charge < -0.3 is 25.7 Å². The van der Waals surface area contributed by atoms with Crippen LogP contribution in [0.3, 0.4) is 0 Å². The van der Waals surface area contributed by atoms with Gasteiger partial charge in [0.15, 0.2) is 0 Å². The minimum absolute atomic E-state index is 0.176. The van der Waals surface area contributed by atoms with Gasteiger partial charge in [0.1, 0.15) is 0 Å². The van der Waals surface area contributed by atoms with Crippen LogP contribution in [0.5, 0.6) is 0 Å². The van der Waals surface area contributed by atoms with Crippen molar-refractivity contribution in [3.05, 3.63) is 100 Å². The summed E-state index contributed by atoms with van der Waals surface area (Å²) in [4.78, 5) is 28.1. The lowest BCUT2D eigenvalue weighted by atomic mass is 9.98. The summed E-state index contributed by atoms with van der Waals surface area (Å²) in [5.74, 6) is -0.535. The summed E-state index contributed by atoms with van der Waals surface area (Å²) in [5.41, 5.74) is 3.87. The van der Waals surface area contributed by atoms with Crippen molar-refractivity contribution in [1.29, 1.82) is 0 Å². The summed E-state index contributed by atoms with van der Waals surface area (Å²) in [7, 11) is 1.85. The average molecular weight is 506 g/mol. The number of amides is 2. The van der Waals surface area contributed by atoms with Gasteiger partial charge in [-0.25, -0.2) is 0 Å². The maximum Gasteiger partial charge on any atom is 0.252 e. The number of nitrogens with one attached hydrogen (secondary N) is 2. The van der Waals surface area contributed by atoms with E-state index in [0.717, 1.165) is 21.7 Å². The molecule has 4 N–H and O–H groups in total. The topological polar surface area (TPSA) is 102 Å². The summed E-state index contributed by atoms with van der Waals surface area (Å²) in [5, 5.41) is 28.2. The fraction of sp³-hybridized carbons (Fsp3) is 0.286.